The molecule has 4 heteroatoms. The topological polar surface area (TPSA) is 8.81 Å². The molecule has 0 saturated carbocycles. The molecular weight excluding hydrogens is 466 g/mol. The third kappa shape index (κ3) is 8.07. The zero-order valence-corrected chi connectivity index (χ0v) is 21.9. The van der Waals surface area contributed by atoms with Crippen LogP contribution in [0, 0.1) is 5.82 Å². The molecule has 1 aromatic carbocycles. The van der Waals surface area contributed by atoms with Crippen LogP contribution in [-0.2, 0) is 13.1 Å². The SMILES string of the molecule is CCC[CH2][Sn]([CH2]CCC)([CH2]CCCCC[n+]1ccn(CC)c1)[c]1ccc(F)cc1. The fourth-order valence-electron chi connectivity index (χ4n) is 4.51. The molecule has 162 valence electrons. The summed E-state index contributed by atoms with van der Waals surface area (Å²) in [6, 6.07) is 7.70. The summed E-state index contributed by atoms with van der Waals surface area (Å²) in [6.07, 6.45) is 17.1. The predicted molar refractivity (Wildman–Crippen MR) is 125 cm³/mol. The van der Waals surface area contributed by atoms with Gasteiger partial charge in [-0.05, 0) is 0 Å². The minimum absolute atomic E-state index is 0.0886. The second kappa shape index (κ2) is 13.5. The van der Waals surface area contributed by atoms with Crippen molar-refractivity contribution in [3.05, 3.63) is 48.8 Å². The number of aryl methyl sites for hydroxylation is 2. The van der Waals surface area contributed by atoms with Crippen molar-refractivity contribution in [2.75, 3.05) is 0 Å². The van der Waals surface area contributed by atoms with Crippen molar-refractivity contribution in [3.63, 3.8) is 0 Å². The van der Waals surface area contributed by atoms with Gasteiger partial charge in [-0.3, -0.25) is 0 Å². The second-order valence-corrected chi connectivity index (χ2v) is 21.9. The first-order valence-electron chi connectivity index (χ1n) is 11.9. The summed E-state index contributed by atoms with van der Waals surface area (Å²) in [4.78, 5) is 0. The number of imidazole rings is 1. The number of halogens is 1. The number of unbranched alkanes of at least 4 members (excludes halogenated alkanes) is 5. The summed E-state index contributed by atoms with van der Waals surface area (Å²) in [5.74, 6) is -0.0886. The first-order chi connectivity index (χ1) is 14.1. The van der Waals surface area contributed by atoms with Crippen molar-refractivity contribution >= 4 is 22.0 Å². The number of hydrogen-bond acceptors (Lipinski definition) is 0. The van der Waals surface area contributed by atoms with Gasteiger partial charge in [-0.25, -0.2) is 0 Å². The van der Waals surface area contributed by atoms with Crippen molar-refractivity contribution in [1.29, 1.82) is 0 Å². The monoisotopic (exact) mass is 509 g/mol. The molecule has 0 unspecified atom stereocenters. The second-order valence-electron chi connectivity index (χ2n) is 8.64. The van der Waals surface area contributed by atoms with Gasteiger partial charge in [-0.15, -0.1) is 0 Å². The van der Waals surface area contributed by atoms with E-state index in [1.54, 1.807) is 15.7 Å². The van der Waals surface area contributed by atoms with E-state index in [1.165, 1.54) is 64.7 Å². The van der Waals surface area contributed by atoms with Gasteiger partial charge in [0, 0.05) is 0 Å². The van der Waals surface area contributed by atoms with Gasteiger partial charge in [0.15, 0.2) is 0 Å². The Kier molecular flexibility index (Phi) is 11.3. The van der Waals surface area contributed by atoms with Crippen molar-refractivity contribution in [2.45, 2.75) is 98.5 Å². The molecule has 0 aliphatic rings. The van der Waals surface area contributed by atoms with Crippen LogP contribution in [0.1, 0.15) is 72.1 Å². The fraction of sp³-hybridized carbons (Fsp3) is 0.640. The molecule has 0 fully saturated rings. The van der Waals surface area contributed by atoms with Crippen LogP contribution in [0.25, 0.3) is 0 Å². The van der Waals surface area contributed by atoms with Crippen molar-refractivity contribution in [2.24, 2.45) is 0 Å². The average Bonchev–Trinajstić information content (AvgIpc) is 3.21. The standard InChI is InChI=1S/C11H20N2.C6H4F.2C4H9.Sn/c1-3-5-6-7-8-13-10-9-12(4-2)11-13;7-6-4-2-1-3-5-6;2*1-3-4-2;/h9-11H,1,3-8H2,2H3;2-5H;2*1,3-4H2,2H3;/q+1;;;;. The zero-order chi connectivity index (χ0) is 21.0. The maximum atomic E-state index is 13.6. The number of nitrogens with zero attached hydrogens (tertiary/aromatic N) is 2. The van der Waals surface area contributed by atoms with E-state index in [4.69, 9.17) is 0 Å². The van der Waals surface area contributed by atoms with Gasteiger partial charge in [0.25, 0.3) is 0 Å². The van der Waals surface area contributed by atoms with E-state index in [0.29, 0.717) is 0 Å². The predicted octanol–water partition coefficient (Wildman–Crippen LogP) is 6.45. The minimum atomic E-state index is -2.44. The molecule has 0 spiro atoms. The number of aromatic nitrogens is 2. The van der Waals surface area contributed by atoms with E-state index in [0.717, 1.165) is 13.1 Å². The van der Waals surface area contributed by atoms with Crippen molar-refractivity contribution in [1.82, 2.24) is 4.57 Å². The quantitative estimate of drug-likeness (QED) is 0.149. The molecule has 0 amide bonds. The first kappa shape index (κ1) is 24.4. The third-order valence-corrected chi connectivity index (χ3v) is 22.1. The molecule has 29 heavy (non-hydrogen) atoms. The van der Waals surface area contributed by atoms with Crippen molar-refractivity contribution in [3.8, 4) is 0 Å². The number of hydrogen-bond donors (Lipinski definition) is 0. The van der Waals surface area contributed by atoms with Gasteiger partial charge in [-0.2, -0.15) is 0 Å². The van der Waals surface area contributed by atoms with E-state index < -0.39 is 18.4 Å². The fourth-order valence-corrected chi connectivity index (χ4v) is 20.1. The van der Waals surface area contributed by atoms with Gasteiger partial charge in [0.1, 0.15) is 0 Å². The normalized spacial score (nSPS) is 11.9. The Morgan fingerprint density at radius 3 is 2.03 bits per heavy atom. The zero-order valence-electron chi connectivity index (χ0n) is 19.0. The van der Waals surface area contributed by atoms with Crippen LogP contribution in [0.2, 0.25) is 13.3 Å². The van der Waals surface area contributed by atoms with E-state index in [2.05, 4.69) is 60.8 Å². The first-order valence-corrected chi connectivity index (χ1v) is 19.4. The van der Waals surface area contributed by atoms with Crippen LogP contribution >= 0.6 is 0 Å². The molecule has 1 aromatic heterocycles. The number of benzene rings is 1. The Hall–Kier alpha value is -0.841. The third-order valence-electron chi connectivity index (χ3n) is 6.41. The van der Waals surface area contributed by atoms with E-state index in [-0.39, 0.29) is 5.82 Å². The Morgan fingerprint density at radius 1 is 0.828 bits per heavy atom. The van der Waals surface area contributed by atoms with Crippen LogP contribution in [0.5, 0.6) is 0 Å². The molecule has 0 bridgehead atoms. The maximum absolute atomic E-state index is 13.6. The Labute approximate surface area is 182 Å². The number of rotatable bonds is 15. The molecule has 0 atom stereocenters. The Bertz CT molecular complexity index is 672. The van der Waals surface area contributed by atoms with Crippen LogP contribution < -0.4 is 8.15 Å². The van der Waals surface area contributed by atoms with Gasteiger partial charge >= 0.3 is 183 Å². The summed E-state index contributed by atoms with van der Waals surface area (Å²) >= 11 is -2.44. The van der Waals surface area contributed by atoms with Crippen LogP contribution in [0.3, 0.4) is 0 Å². The molecule has 0 N–H and O–H groups in total. The average molecular weight is 508 g/mol. The molecular formula is C25H42FN2Sn+. The molecule has 0 radical (unpaired) electrons. The van der Waals surface area contributed by atoms with E-state index in [9.17, 15) is 4.39 Å². The molecule has 0 saturated heterocycles. The molecule has 2 aromatic rings. The Morgan fingerprint density at radius 2 is 1.45 bits per heavy atom. The summed E-state index contributed by atoms with van der Waals surface area (Å²) in [7, 11) is 0. The Balaban J connectivity index is 1.90. The molecule has 1 heterocycles. The summed E-state index contributed by atoms with van der Waals surface area (Å²) in [6.45, 7) is 8.97. The van der Waals surface area contributed by atoms with E-state index >= 15 is 0 Å². The van der Waals surface area contributed by atoms with Crippen LogP contribution in [0.15, 0.2) is 43.0 Å². The van der Waals surface area contributed by atoms with Gasteiger partial charge in [0.05, 0.1) is 0 Å². The van der Waals surface area contributed by atoms with E-state index in [1.807, 2.05) is 0 Å². The summed E-state index contributed by atoms with van der Waals surface area (Å²) in [5.41, 5.74) is 0. The summed E-state index contributed by atoms with van der Waals surface area (Å²) < 4.78 is 24.0. The molecule has 0 aliphatic carbocycles. The van der Waals surface area contributed by atoms with Gasteiger partial charge in [0.2, 0.25) is 0 Å². The molecule has 2 nitrogen and oxygen atoms in total. The summed E-state index contributed by atoms with van der Waals surface area (Å²) in [5, 5.41) is 0. The molecule has 2 rings (SSSR count). The van der Waals surface area contributed by atoms with Crippen LogP contribution in [0.4, 0.5) is 4.39 Å². The van der Waals surface area contributed by atoms with Gasteiger partial charge < -0.3 is 0 Å². The molecule has 0 aliphatic heterocycles. The van der Waals surface area contributed by atoms with Crippen molar-refractivity contribution < 1.29 is 8.96 Å². The van der Waals surface area contributed by atoms with Crippen LogP contribution in [-0.4, -0.2) is 22.9 Å². The van der Waals surface area contributed by atoms with Gasteiger partial charge in [-0.1, -0.05) is 0 Å².